The fourth-order valence-corrected chi connectivity index (χ4v) is 5.94. The molecule has 2 nitrogen and oxygen atoms in total. The molecule has 0 spiro atoms. The lowest BCUT2D eigenvalue weighted by Gasteiger charge is -2.29. The zero-order valence-corrected chi connectivity index (χ0v) is 26.2. The van der Waals surface area contributed by atoms with Crippen LogP contribution >= 0.6 is 0 Å². The number of anilines is 6. The summed E-state index contributed by atoms with van der Waals surface area (Å²) in [5.41, 5.74) is 13.9. The fourth-order valence-electron chi connectivity index (χ4n) is 5.94. The van der Waals surface area contributed by atoms with Gasteiger partial charge in [0.15, 0.2) is 0 Å². The number of nitrogens with zero attached hydrogens (tertiary/aromatic N) is 2. The van der Waals surface area contributed by atoms with Gasteiger partial charge in [0, 0.05) is 34.1 Å². The summed E-state index contributed by atoms with van der Waals surface area (Å²) in [4.78, 5) is 4.67. The fraction of sp³-hybridized carbons (Fsp3) is 0.0455. The minimum Gasteiger partial charge on any atom is -0.310 e. The first-order chi connectivity index (χ1) is 22.6. The molecule has 0 heterocycles. The Morgan fingerprint density at radius 1 is 0.261 bits per heavy atom. The van der Waals surface area contributed by atoms with Crippen LogP contribution in [-0.2, 0) is 0 Å². The van der Waals surface area contributed by atoms with Crippen molar-refractivity contribution >= 4 is 34.1 Å². The van der Waals surface area contributed by atoms with Gasteiger partial charge in [0.1, 0.15) is 0 Å². The molecule has 0 amide bonds. The predicted molar refractivity (Wildman–Crippen MR) is 196 cm³/mol. The summed E-state index contributed by atoms with van der Waals surface area (Å²) in [5, 5.41) is 0. The summed E-state index contributed by atoms with van der Waals surface area (Å²) >= 11 is 0. The SMILES string of the molecule is Cc1ccc(N(c2ccc(N(c3ccc(C)cc3)c3cccc(-c4ccccc4)c3)cc2)c2cccc(-c3ccccc3)c2)cc1. The van der Waals surface area contributed by atoms with Crippen molar-refractivity contribution in [1.29, 1.82) is 0 Å². The van der Waals surface area contributed by atoms with Crippen molar-refractivity contribution in [2.24, 2.45) is 0 Å². The van der Waals surface area contributed by atoms with E-state index in [4.69, 9.17) is 0 Å². The third-order valence-corrected chi connectivity index (χ3v) is 8.37. The second-order valence-electron chi connectivity index (χ2n) is 11.7. The van der Waals surface area contributed by atoms with Crippen molar-refractivity contribution in [2.75, 3.05) is 9.80 Å². The lowest BCUT2D eigenvalue weighted by molar-refractivity contribution is 1.25. The molecule has 46 heavy (non-hydrogen) atoms. The van der Waals surface area contributed by atoms with Crippen LogP contribution in [-0.4, -0.2) is 0 Å². The van der Waals surface area contributed by atoms with Crippen LogP contribution in [0.2, 0.25) is 0 Å². The molecule has 0 radical (unpaired) electrons. The van der Waals surface area contributed by atoms with Gasteiger partial charge in [-0.3, -0.25) is 0 Å². The molecule has 0 unspecified atom stereocenters. The molecule has 7 rings (SSSR count). The molecule has 0 aromatic heterocycles. The molecule has 0 bridgehead atoms. The van der Waals surface area contributed by atoms with Crippen LogP contribution in [0.5, 0.6) is 0 Å². The Labute approximate surface area is 272 Å². The maximum Gasteiger partial charge on any atom is 0.0467 e. The van der Waals surface area contributed by atoms with Crippen molar-refractivity contribution in [2.45, 2.75) is 13.8 Å². The van der Waals surface area contributed by atoms with Crippen molar-refractivity contribution in [3.63, 3.8) is 0 Å². The van der Waals surface area contributed by atoms with Crippen LogP contribution in [0.1, 0.15) is 11.1 Å². The third kappa shape index (κ3) is 6.20. The van der Waals surface area contributed by atoms with Crippen molar-refractivity contribution in [3.8, 4) is 22.3 Å². The monoisotopic (exact) mass is 592 g/mol. The average Bonchev–Trinajstić information content (AvgIpc) is 3.12. The van der Waals surface area contributed by atoms with Crippen LogP contribution < -0.4 is 9.80 Å². The van der Waals surface area contributed by atoms with E-state index in [1.807, 2.05) is 0 Å². The molecular formula is C44H36N2. The van der Waals surface area contributed by atoms with Gasteiger partial charge in [-0.25, -0.2) is 0 Å². The highest BCUT2D eigenvalue weighted by Crippen LogP contribution is 2.40. The van der Waals surface area contributed by atoms with Gasteiger partial charge < -0.3 is 9.80 Å². The second kappa shape index (κ2) is 13.0. The van der Waals surface area contributed by atoms with Crippen molar-refractivity contribution in [3.05, 3.63) is 193 Å². The van der Waals surface area contributed by atoms with Crippen molar-refractivity contribution in [1.82, 2.24) is 0 Å². The van der Waals surface area contributed by atoms with E-state index in [-0.39, 0.29) is 0 Å². The van der Waals surface area contributed by atoms with Gasteiger partial charge in [0.25, 0.3) is 0 Å². The van der Waals surface area contributed by atoms with Crippen LogP contribution in [0.4, 0.5) is 34.1 Å². The van der Waals surface area contributed by atoms with Gasteiger partial charge in [0.05, 0.1) is 0 Å². The van der Waals surface area contributed by atoms with Gasteiger partial charge in [-0.2, -0.15) is 0 Å². The molecule has 0 fully saturated rings. The first-order valence-corrected chi connectivity index (χ1v) is 15.8. The highest BCUT2D eigenvalue weighted by molar-refractivity contribution is 5.84. The number of aryl methyl sites for hydroxylation is 2. The standard InChI is InChI=1S/C44H36N2/c1-33-19-23-39(24-20-33)45(43-17-9-15-37(31-43)35-11-5-3-6-12-35)41-27-29-42(30-28-41)46(40-25-21-34(2)22-26-40)44-18-10-16-38(32-44)36-13-7-4-8-14-36/h3-32H,1-2H3. The molecule has 0 saturated heterocycles. The third-order valence-electron chi connectivity index (χ3n) is 8.37. The molecule has 7 aromatic carbocycles. The van der Waals surface area contributed by atoms with Crippen molar-refractivity contribution < 1.29 is 0 Å². The maximum absolute atomic E-state index is 2.34. The van der Waals surface area contributed by atoms with E-state index >= 15 is 0 Å². The summed E-state index contributed by atoms with van der Waals surface area (Å²) in [6.07, 6.45) is 0. The molecular weight excluding hydrogens is 556 g/mol. The minimum absolute atomic E-state index is 1.10. The molecule has 0 aliphatic heterocycles. The van der Waals surface area contributed by atoms with E-state index in [2.05, 4.69) is 206 Å². The number of hydrogen-bond acceptors (Lipinski definition) is 2. The lowest BCUT2D eigenvalue weighted by Crippen LogP contribution is -2.12. The molecule has 7 aromatic rings. The maximum atomic E-state index is 2.34. The minimum atomic E-state index is 1.10. The number of rotatable bonds is 8. The molecule has 222 valence electrons. The molecule has 0 atom stereocenters. The normalized spacial score (nSPS) is 10.8. The quantitative estimate of drug-likeness (QED) is 0.173. The average molecular weight is 593 g/mol. The Kier molecular flexibility index (Phi) is 8.17. The molecule has 0 aliphatic carbocycles. The predicted octanol–water partition coefficient (Wildman–Crippen LogP) is 12.6. The van der Waals surface area contributed by atoms with Crippen LogP contribution in [0.25, 0.3) is 22.3 Å². The number of hydrogen-bond donors (Lipinski definition) is 0. The van der Waals surface area contributed by atoms with E-state index in [0.29, 0.717) is 0 Å². The van der Waals surface area contributed by atoms with E-state index in [1.165, 1.54) is 33.4 Å². The van der Waals surface area contributed by atoms with E-state index in [9.17, 15) is 0 Å². The van der Waals surface area contributed by atoms with Crippen LogP contribution in [0.3, 0.4) is 0 Å². The molecule has 0 N–H and O–H groups in total. The summed E-state index contributed by atoms with van der Waals surface area (Å²) in [5.74, 6) is 0. The van der Waals surface area contributed by atoms with Gasteiger partial charge in [-0.15, -0.1) is 0 Å². The highest BCUT2D eigenvalue weighted by atomic mass is 15.2. The smallest absolute Gasteiger partial charge is 0.0467 e. The molecule has 2 heteroatoms. The summed E-state index contributed by atoms with van der Waals surface area (Å²) in [6, 6.07) is 65.1. The zero-order chi connectivity index (χ0) is 31.3. The molecule has 0 aliphatic rings. The topological polar surface area (TPSA) is 6.48 Å². The van der Waals surface area contributed by atoms with Gasteiger partial charge in [-0.05, 0) is 109 Å². The van der Waals surface area contributed by atoms with Gasteiger partial charge >= 0.3 is 0 Å². The largest absolute Gasteiger partial charge is 0.310 e. The zero-order valence-electron chi connectivity index (χ0n) is 26.2. The van der Waals surface area contributed by atoms with Crippen LogP contribution in [0, 0.1) is 13.8 Å². The van der Waals surface area contributed by atoms with Gasteiger partial charge in [0.2, 0.25) is 0 Å². The Morgan fingerprint density at radius 3 is 0.913 bits per heavy atom. The molecule has 0 saturated carbocycles. The van der Waals surface area contributed by atoms with E-state index in [1.54, 1.807) is 0 Å². The van der Waals surface area contributed by atoms with E-state index < -0.39 is 0 Å². The Hall–Kier alpha value is -5.86. The second-order valence-corrected chi connectivity index (χ2v) is 11.7. The lowest BCUT2D eigenvalue weighted by atomic mass is 10.0. The van der Waals surface area contributed by atoms with Crippen LogP contribution in [0.15, 0.2) is 182 Å². The first-order valence-electron chi connectivity index (χ1n) is 15.8. The van der Waals surface area contributed by atoms with E-state index in [0.717, 1.165) is 34.1 Å². The summed E-state index contributed by atoms with van der Waals surface area (Å²) in [6.45, 7) is 4.26. The number of benzene rings is 7. The van der Waals surface area contributed by atoms with Gasteiger partial charge in [-0.1, -0.05) is 120 Å². The Balaban J connectivity index is 1.31. The highest BCUT2D eigenvalue weighted by Gasteiger charge is 2.17. The first kappa shape index (κ1) is 28.9. The Bertz CT molecular complexity index is 1880. The summed E-state index contributed by atoms with van der Waals surface area (Å²) in [7, 11) is 0. The summed E-state index contributed by atoms with van der Waals surface area (Å²) < 4.78 is 0. The Morgan fingerprint density at radius 2 is 0.565 bits per heavy atom.